The highest BCUT2D eigenvalue weighted by molar-refractivity contribution is 7.12. The van der Waals surface area contributed by atoms with Crippen molar-refractivity contribution < 1.29 is 0 Å². The molecule has 0 amide bonds. The van der Waals surface area contributed by atoms with Gasteiger partial charge in [0, 0.05) is 6.20 Å². The number of thiazole rings is 1. The maximum atomic E-state index is 8.89. The van der Waals surface area contributed by atoms with Crippen molar-refractivity contribution in [3.63, 3.8) is 0 Å². The lowest BCUT2D eigenvalue weighted by Crippen LogP contribution is -1.98. The minimum atomic E-state index is 0.583. The highest BCUT2D eigenvalue weighted by atomic mass is 32.1. The minimum Gasteiger partial charge on any atom is -0.397 e. The molecule has 4 heteroatoms. The van der Waals surface area contributed by atoms with Crippen LogP contribution in [0.15, 0.2) is 11.8 Å². The van der Waals surface area contributed by atoms with Gasteiger partial charge in [-0.3, -0.25) is 0 Å². The molecule has 14 heavy (non-hydrogen) atoms. The SMILES string of the molecule is CCCC(C#N)=C(N)c1cnc(C)s1. The van der Waals surface area contributed by atoms with Crippen molar-refractivity contribution in [2.45, 2.75) is 26.7 Å². The summed E-state index contributed by atoms with van der Waals surface area (Å²) in [5.74, 6) is 0. The average molecular weight is 207 g/mol. The van der Waals surface area contributed by atoms with Crippen molar-refractivity contribution in [3.8, 4) is 6.07 Å². The fourth-order valence-corrected chi connectivity index (χ4v) is 1.90. The first-order valence-corrected chi connectivity index (χ1v) is 5.32. The highest BCUT2D eigenvalue weighted by Gasteiger charge is 2.07. The topological polar surface area (TPSA) is 62.7 Å². The van der Waals surface area contributed by atoms with Crippen LogP contribution >= 0.6 is 11.3 Å². The Morgan fingerprint density at radius 3 is 2.86 bits per heavy atom. The second-order valence-corrected chi connectivity index (χ2v) is 4.23. The molecule has 1 heterocycles. The van der Waals surface area contributed by atoms with E-state index < -0.39 is 0 Å². The van der Waals surface area contributed by atoms with Crippen LogP contribution in [0.5, 0.6) is 0 Å². The Kier molecular flexibility index (Phi) is 3.66. The third kappa shape index (κ3) is 2.33. The monoisotopic (exact) mass is 207 g/mol. The van der Waals surface area contributed by atoms with Gasteiger partial charge in [0.25, 0.3) is 0 Å². The molecule has 1 rings (SSSR count). The fourth-order valence-electron chi connectivity index (χ4n) is 1.14. The molecule has 74 valence electrons. The van der Waals surface area contributed by atoms with E-state index in [0.29, 0.717) is 11.3 Å². The van der Waals surface area contributed by atoms with E-state index in [2.05, 4.69) is 11.1 Å². The quantitative estimate of drug-likeness (QED) is 0.774. The molecule has 0 aliphatic rings. The second-order valence-electron chi connectivity index (χ2n) is 3.00. The van der Waals surface area contributed by atoms with Gasteiger partial charge in [-0.25, -0.2) is 4.98 Å². The van der Waals surface area contributed by atoms with E-state index >= 15 is 0 Å². The first-order chi connectivity index (χ1) is 6.69. The van der Waals surface area contributed by atoms with E-state index in [1.807, 2.05) is 13.8 Å². The van der Waals surface area contributed by atoms with Crippen LogP contribution in [-0.4, -0.2) is 4.98 Å². The summed E-state index contributed by atoms with van der Waals surface area (Å²) in [6, 6.07) is 2.14. The smallest absolute Gasteiger partial charge is 0.0969 e. The normalized spacial score (nSPS) is 12.1. The van der Waals surface area contributed by atoms with Gasteiger partial charge in [0.2, 0.25) is 0 Å². The van der Waals surface area contributed by atoms with Gasteiger partial charge in [0.15, 0.2) is 0 Å². The maximum absolute atomic E-state index is 8.89. The molecular weight excluding hydrogens is 194 g/mol. The molecule has 3 nitrogen and oxygen atoms in total. The number of rotatable bonds is 3. The van der Waals surface area contributed by atoms with Crippen molar-refractivity contribution in [1.82, 2.24) is 4.98 Å². The van der Waals surface area contributed by atoms with Crippen molar-refractivity contribution in [2.75, 3.05) is 0 Å². The Balaban J connectivity index is 3.02. The van der Waals surface area contributed by atoms with Gasteiger partial charge in [-0.1, -0.05) is 13.3 Å². The van der Waals surface area contributed by atoms with Gasteiger partial charge in [-0.05, 0) is 13.3 Å². The third-order valence-electron chi connectivity index (χ3n) is 1.85. The molecule has 0 aromatic carbocycles. The van der Waals surface area contributed by atoms with E-state index in [9.17, 15) is 0 Å². The molecule has 0 aliphatic heterocycles. The number of hydrogen-bond acceptors (Lipinski definition) is 4. The number of nitrogens with two attached hydrogens (primary N) is 1. The van der Waals surface area contributed by atoms with Gasteiger partial charge >= 0.3 is 0 Å². The van der Waals surface area contributed by atoms with Crippen LogP contribution in [-0.2, 0) is 0 Å². The Bertz CT molecular complexity index is 384. The molecule has 1 aromatic rings. The molecule has 0 unspecified atom stereocenters. The molecule has 0 spiro atoms. The minimum absolute atomic E-state index is 0.583. The van der Waals surface area contributed by atoms with Crippen LogP contribution < -0.4 is 5.73 Å². The first kappa shape index (κ1) is 10.7. The van der Waals surface area contributed by atoms with Crippen LogP contribution in [0.1, 0.15) is 29.7 Å². The molecule has 0 saturated carbocycles. The fraction of sp³-hybridized carbons (Fsp3) is 0.400. The lowest BCUT2D eigenvalue weighted by Gasteiger charge is -2.00. The number of nitrogens with zero attached hydrogens (tertiary/aromatic N) is 2. The summed E-state index contributed by atoms with van der Waals surface area (Å²) >= 11 is 1.52. The molecule has 0 saturated heterocycles. The van der Waals surface area contributed by atoms with E-state index in [1.54, 1.807) is 6.20 Å². The lowest BCUT2D eigenvalue weighted by molar-refractivity contribution is 0.929. The summed E-state index contributed by atoms with van der Waals surface area (Å²) < 4.78 is 0. The molecule has 0 aliphatic carbocycles. The molecule has 0 fully saturated rings. The van der Waals surface area contributed by atoms with Crippen LogP contribution in [0.3, 0.4) is 0 Å². The van der Waals surface area contributed by atoms with Gasteiger partial charge < -0.3 is 5.73 Å². The number of hydrogen-bond donors (Lipinski definition) is 1. The Morgan fingerprint density at radius 2 is 2.43 bits per heavy atom. The lowest BCUT2D eigenvalue weighted by atomic mass is 10.1. The maximum Gasteiger partial charge on any atom is 0.0969 e. The van der Waals surface area contributed by atoms with Gasteiger partial charge in [0.05, 0.1) is 27.2 Å². The van der Waals surface area contributed by atoms with Crippen molar-refractivity contribution in [3.05, 3.63) is 21.7 Å². The Morgan fingerprint density at radius 1 is 1.71 bits per heavy atom. The zero-order valence-corrected chi connectivity index (χ0v) is 9.19. The van der Waals surface area contributed by atoms with Gasteiger partial charge in [0.1, 0.15) is 0 Å². The standard InChI is InChI=1S/C10H13N3S/c1-3-4-8(5-11)10(12)9-6-13-7(2)14-9/h6H,3-4,12H2,1-2H3. The average Bonchev–Trinajstić information content (AvgIpc) is 2.60. The Labute approximate surface area is 87.9 Å². The van der Waals surface area contributed by atoms with Gasteiger partial charge in [-0.15, -0.1) is 11.3 Å². The van der Waals surface area contributed by atoms with Crippen LogP contribution in [0.2, 0.25) is 0 Å². The highest BCUT2D eigenvalue weighted by Crippen LogP contribution is 2.22. The molecule has 0 bridgehead atoms. The molecular formula is C10H13N3S. The number of aromatic nitrogens is 1. The number of nitriles is 1. The van der Waals surface area contributed by atoms with Crippen molar-refractivity contribution in [2.24, 2.45) is 5.73 Å². The summed E-state index contributed by atoms with van der Waals surface area (Å²) in [4.78, 5) is 5.01. The van der Waals surface area contributed by atoms with Crippen LogP contribution in [0, 0.1) is 18.3 Å². The predicted molar refractivity (Wildman–Crippen MR) is 58.5 cm³/mol. The summed E-state index contributed by atoms with van der Waals surface area (Å²) in [6.07, 6.45) is 3.39. The van der Waals surface area contributed by atoms with E-state index in [4.69, 9.17) is 11.0 Å². The number of allylic oxidation sites excluding steroid dienone is 1. The van der Waals surface area contributed by atoms with Crippen LogP contribution in [0.25, 0.3) is 5.70 Å². The number of aryl methyl sites for hydroxylation is 1. The molecule has 2 N–H and O–H groups in total. The molecule has 0 atom stereocenters. The zero-order chi connectivity index (χ0) is 10.6. The summed E-state index contributed by atoms with van der Waals surface area (Å²) in [5.41, 5.74) is 7.12. The summed E-state index contributed by atoms with van der Waals surface area (Å²) in [5, 5.41) is 9.86. The van der Waals surface area contributed by atoms with E-state index in [0.717, 1.165) is 22.7 Å². The zero-order valence-electron chi connectivity index (χ0n) is 8.37. The Hall–Kier alpha value is -1.34. The largest absolute Gasteiger partial charge is 0.397 e. The van der Waals surface area contributed by atoms with Crippen molar-refractivity contribution in [1.29, 1.82) is 5.26 Å². The van der Waals surface area contributed by atoms with Crippen LogP contribution in [0.4, 0.5) is 0 Å². The summed E-state index contributed by atoms with van der Waals surface area (Å²) in [6.45, 7) is 3.95. The van der Waals surface area contributed by atoms with E-state index in [1.165, 1.54) is 11.3 Å². The molecule has 1 aromatic heterocycles. The molecule has 0 radical (unpaired) electrons. The first-order valence-electron chi connectivity index (χ1n) is 4.50. The van der Waals surface area contributed by atoms with Crippen molar-refractivity contribution >= 4 is 17.0 Å². The second kappa shape index (κ2) is 4.77. The summed E-state index contributed by atoms with van der Waals surface area (Å²) in [7, 11) is 0. The third-order valence-corrected chi connectivity index (χ3v) is 2.79. The van der Waals surface area contributed by atoms with E-state index in [-0.39, 0.29) is 0 Å². The van der Waals surface area contributed by atoms with Gasteiger partial charge in [-0.2, -0.15) is 5.26 Å². The predicted octanol–water partition coefficient (Wildman–Crippen LogP) is 2.45.